The molecule has 1 atom stereocenters. The quantitative estimate of drug-likeness (QED) is 0.802. The van der Waals surface area contributed by atoms with E-state index in [1.54, 1.807) is 30.1 Å². The second-order valence-corrected chi connectivity index (χ2v) is 5.19. The number of nitrogen functional groups attached to an aromatic ring is 1. The van der Waals surface area contributed by atoms with Crippen LogP contribution in [0.25, 0.3) is 0 Å². The Balaban J connectivity index is 2.03. The van der Waals surface area contributed by atoms with E-state index in [-0.39, 0.29) is 17.9 Å². The number of hydrogen-bond donors (Lipinski definition) is 2. The highest BCUT2D eigenvalue weighted by atomic mass is 35.5. The van der Waals surface area contributed by atoms with Crippen LogP contribution in [0.4, 0.5) is 5.69 Å². The molecule has 19 heavy (non-hydrogen) atoms. The Bertz CT molecular complexity index is 498. The van der Waals surface area contributed by atoms with E-state index in [9.17, 15) is 9.59 Å². The number of rotatable bonds is 2. The summed E-state index contributed by atoms with van der Waals surface area (Å²) >= 11 is 5.87. The van der Waals surface area contributed by atoms with Crippen LogP contribution in [-0.4, -0.2) is 36.3 Å². The molecule has 2 amide bonds. The van der Waals surface area contributed by atoms with Crippen molar-refractivity contribution in [1.29, 1.82) is 0 Å². The molecule has 0 aliphatic carbocycles. The van der Waals surface area contributed by atoms with Crippen LogP contribution in [0.15, 0.2) is 18.2 Å². The molecule has 6 heteroatoms. The summed E-state index contributed by atoms with van der Waals surface area (Å²) in [4.78, 5) is 25.1. The minimum atomic E-state index is -0.220. The summed E-state index contributed by atoms with van der Waals surface area (Å²) in [5.41, 5.74) is 6.54. The number of likely N-dealkylation sites (N-methyl/N-ethyl adjacent to an activating group) is 1. The van der Waals surface area contributed by atoms with Crippen molar-refractivity contribution in [1.82, 2.24) is 10.2 Å². The predicted octanol–water partition coefficient (Wildman–Crippen LogP) is 1.27. The first-order valence-electron chi connectivity index (χ1n) is 6.06. The largest absolute Gasteiger partial charge is 0.399 e. The molecule has 3 N–H and O–H groups in total. The first-order valence-corrected chi connectivity index (χ1v) is 6.44. The third kappa shape index (κ3) is 3.38. The highest BCUT2D eigenvalue weighted by molar-refractivity contribution is 6.31. The van der Waals surface area contributed by atoms with Gasteiger partial charge in [-0.25, -0.2) is 0 Å². The van der Waals surface area contributed by atoms with Crippen LogP contribution in [0.3, 0.4) is 0 Å². The molecule has 0 radical (unpaired) electrons. The molecule has 2 rings (SSSR count). The van der Waals surface area contributed by atoms with Gasteiger partial charge in [-0.3, -0.25) is 9.59 Å². The molecule has 102 valence electrons. The Hall–Kier alpha value is -1.75. The number of amides is 2. The van der Waals surface area contributed by atoms with Crippen LogP contribution in [-0.2, 0) is 4.79 Å². The van der Waals surface area contributed by atoms with Gasteiger partial charge in [-0.05, 0) is 24.6 Å². The summed E-state index contributed by atoms with van der Waals surface area (Å²) in [7, 11) is 1.73. The minimum absolute atomic E-state index is 0.0320. The van der Waals surface area contributed by atoms with Crippen molar-refractivity contribution in [2.75, 3.05) is 19.3 Å². The molecule has 1 aliphatic rings. The minimum Gasteiger partial charge on any atom is -0.399 e. The van der Waals surface area contributed by atoms with Crippen molar-refractivity contribution in [2.24, 2.45) is 0 Å². The van der Waals surface area contributed by atoms with Crippen LogP contribution in [0.1, 0.15) is 23.2 Å². The van der Waals surface area contributed by atoms with Crippen LogP contribution in [0.2, 0.25) is 5.02 Å². The average Bonchev–Trinajstić information content (AvgIpc) is 2.32. The summed E-state index contributed by atoms with van der Waals surface area (Å²) in [5.74, 6) is -0.112. The highest BCUT2D eigenvalue weighted by Crippen LogP contribution is 2.17. The maximum Gasteiger partial charge on any atom is 0.251 e. The van der Waals surface area contributed by atoms with Gasteiger partial charge in [0.2, 0.25) is 5.91 Å². The smallest absolute Gasteiger partial charge is 0.251 e. The third-order valence-electron chi connectivity index (χ3n) is 3.14. The number of anilines is 1. The molecular weight excluding hydrogens is 266 g/mol. The van der Waals surface area contributed by atoms with Crippen LogP contribution in [0, 0.1) is 0 Å². The first-order chi connectivity index (χ1) is 8.95. The van der Waals surface area contributed by atoms with Gasteiger partial charge in [-0.2, -0.15) is 0 Å². The van der Waals surface area contributed by atoms with Crippen molar-refractivity contribution >= 4 is 29.1 Å². The van der Waals surface area contributed by atoms with Gasteiger partial charge in [0.05, 0.1) is 0 Å². The third-order valence-corrected chi connectivity index (χ3v) is 3.36. The SMILES string of the molecule is CN1CC(NC(=O)c2cc(N)cc(Cl)c2)CCC1=O. The molecular formula is C13H16ClN3O2. The number of hydrogen-bond acceptors (Lipinski definition) is 3. The number of nitrogens with one attached hydrogen (secondary N) is 1. The lowest BCUT2D eigenvalue weighted by atomic mass is 10.0. The van der Waals surface area contributed by atoms with E-state index in [1.165, 1.54) is 0 Å². The summed E-state index contributed by atoms with van der Waals surface area (Å²) in [6.07, 6.45) is 1.12. The van der Waals surface area contributed by atoms with E-state index in [0.29, 0.717) is 35.7 Å². The lowest BCUT2D eigenvalue weighted by molar-refractivity contribution is -0.132. The monoisotopic (exact) mass is 281 g/mol. The van der Waals surface area contributed by atoms with Gasteiger partial charge in [0.15, 0.2) is 0 Å². The van der Waals surface area contributed by atoms with E-state index < -0.39 is 0 Å². The van der Waals surface area contributed by atoms with Crippen LogP contribution in [0.5, 0.6) is 0 Å². The van der Waals surface area contributed by atoms with Gasteiger partial charge in [0.1, 0.15) is 0 Å². The number of likely N-dealkylation sites (tertiary alicyclic amines) is 1. The molecule has 0 bridgehead atoms. The molecule has 1 aromatic carbocycles. The number of carbonyl (C=O) groups is 2. The fourth-order valence-electron chi connectivity index (χ4n) is 2.14. The average molecular weight is 282 g/mol. The van der Waals surface area contributed by atoms with Gasteiger partial charge < -0.3 is 16.0 Å². The molecule has 5 nitrogen and oxygen atoms in total. The zero-order chi connectivity index (χ0) is 14.0. The summed E-state index contributed by atoms with van der Waals surface area (Å²) in [6.45, 7) is 0.528. The van der Waals surface area contributed by atoms with Gasteiger partial charge >= 0.3 is 0 Å². The number of benzene rings is 1. The predicted molar refractivity (Wildman–Crippen MR) is 74.0 cm³/mol. The molecule has 1 unspecified atom stereocenters. The first kappa shape index (κ1) is 13.7. The van der Waals surface area contributed by atoms with E-state index in [4.69, 9.17) is 17.3 Å². The zero-order valence-electron chi connectivity index (χ0n) is 10.6. The van der Waals surface area contributed by atoms with Gasteiger partial charge in [-0.15, -0.1) is 0 Å². The van der Waals surface area contributed by atoms with E-state index >= 15 is 0 Å². The maximum atomic E-state index is 12.1. The van der Waals surface area contributed by atoms with Crippen molar-refractivity contribution < 1.29 is 9.59 Å². The Labute approximate surface area is 116 Å². The second-order valence-electron chi connectivity index (χ2n) is 4.76. The summed E-state index contributed by atoms with van der Waals surface area (Å²) in [5, 5.41) is 3.33. The number of nitrogens with two attached hydrogens (primary N) is 1. The molecule has 0 saturated carbocycles. The Kier molecular flexibility index (Phi) is 3.95. The summed E-state index contributed by atoms with van der Waals surface area (Å²) in [6, 6.07) is 4.71. The molecule has 1 heterocycles. The van der Waals surface area contributed by atoms with Gasteiger partial charge in [0, 0.05) is 42.3 Å². The van der Waals surface area contributed by atoms with E-state index in [1.807, 2.05) is 0 Å². The molecule has 1 fully saturated rings. The van der Waals surface area contributed by atoms with Crippen molar-refractivity contribution in [3.63, 3.8) is 0 Å². The zero-order valence-corrected chi connectivity index (χ0v) is 11.4. The molecule has 0 spiro atoms. The van der Waals surface area contributed by atoms with Crippen molar-refractivity contribution in [2.45, 2.75) is 18.9 Å². The van der Waals surface area contributed by atoms with E-state index in [0.717, 1.165) is 0 Å². The molecule has 1 aliphatic heterocycles. The molecule has 1 aromatic rings. The van der Waals surface area contributed by atoms with Gasteiger partial charge in [-0.1, -0.05) is 11.6 Å². The molecule has 0 aromatic heterocycles. The number of carbonyl (C=O) groups excluding carboxylic acids is 2. The van der Waals surface area contributed by atoms with E-state index in [2.05, 4.69) is 5.32 Å². The lowest BCUT2D eigenvalue weighted by Gasteiger charge is -2.30. The van der Waals surface area contributed by atoms with Crippen LogP contribution < -0.4 is 11.1 Å². The lowest BCUT2D eigenvalue weighted by Crippen LogP contribution is -2.48. The standard InChI is InChI=1S/C13H16ClN3O2/c1-17-7-11(2-3-12(17)18)16-13(19)8-4-9(14)6-10(15)5-8/h4-6,11H,2-3,7,15H2,1H3,(H,16,19). The maximum absolute atomic E-state index is 12.1. The van der Waals surface area contributed by atoms with Gasteiger partial charge in [0.25, 0.3) is 5.91 Å². The topological polar surface area (TPSA) is 75.4 Å². The Morgan fingerprint density at radius 1 is 1.47 bits per heavy atom. The summed E-state index contributed by atoms with van der Waals surface area (Å²) < 4.78 is 0. The van der Waals surface area contributed by atoms with Crippen molar-refractivity contribution in [3.8, 4) is 0 Å². The fourth-order valence-corrected chi connectivity index (χ4v) is 2.39. The second kappa shape index (κ2) is 5.48. The fraction of sp³-hybridized carbons (Fsp3) is 0.385. The number of nitrogens with zero attached hydrogens (tertiary/aromatic N) is 1. The Morgan fingerprint density at radius 3 is 2.84 bits per heavy atom. The highest BCUT2D eigenvalue weighted by Gasteiger charge is 2.24. The van der Waals surface area contributed by atoms with Crippen LogP contribution >= 0.6 is 11.6 Å². The van der Waals surface area contributed by atoms with Crippen molar-refractivity contribution in [3.05, 3.63) is 28.8 Å². The Morgan fingerprint density at radius 2 is 2.21 bits per heavy atom. The number of halogens is 1. The molecule has 1 saturated heterocycles. The number of piperidine rings is 1. The normalized spacial score (nSPS) is 19.4.